The third-order valence-corrected chi connectivity index (χ3v) is 3.48. The van der Waals surface area contributed by atoms with Gasteiger partial charge in [0.25, 0.3) is 0 Å². The summed E-state index contributed by atoms with van der Waals surface area (Å²) in [7, 11) is 0. The SMILES string of the molecule is O=C(CCC1CCNCC1)c1c(F)cccc1F. The van der Waals surface area contributed by atoms with E-state index < -0.39 is 17.4 Å². The molecule has 0 spiro atoms. The van der Waals surface area contributed by atoms with E-state index in [-0.39, 0.29) is 12.0 Å². The summed E-state index contributed by atoms with van der Waals surface area (Å²) >= 11 is 0. The lowest BCUT2D eigenvalue weighted by molar-refractivity contribution is 0.0962. The van der Waals surface area contributed by atoms with Gasteiger partial charge in [-0.3, -0.25) is 4.79 Å². The Bertz CT molecular complexity index is 408. The van der Waals surface area contributed by atoms with E-state index >= 15 is 0 Å². The lowest BCUT2D eigenvalue weighted by atomic mass is 9.91. The molecular weight excluding hydrogens is 236 g/mol. The van der Waals surface area contributed by atoms with Crippen molar-refractivity contribution >= 4 is 5.78 Å². The molecule has 1 saturated heterocycles. The third-order valence-electron chi connectivity index (χ3n) is 3.48. The Morgan fingerprint density at radius 2 is 1.83 bits per heavy atom. The van der Waals surface area contributed by atoms with E-state index in [0.717, 1.165) is 38.1 Å². The van der Waals surface area contributed by atoms with Gasteiger partial charge in [-0.1, -0.05) is 6.07 Å². The van der Waals surface area contributed by atoms with Crippen LogP contribution in [0.2, 0.25) is 0 Å². The number of rotatable bonds is 4. The molecule has 0 aromatic heterocycles. The molecule has 2 nitrogen and oxygen atoms in total. The molecular formula is C14H17F2NO. The fourth-order valence-electron chi connectivity index (χ4n) is 2.39. The predicted octanol–water partition coefficient (Wildman–Crippen LogP) is 2.93. The highest BCUT2D eigenvalue weighted by atomic mass is 19.1. The number of carbonyl (C=O) groups excluding carboxylic acids is 1. The molecule has 1 aliphatic rings. The van der Waals surface area contributed by atoms with Crippen LogP contribution in [0.5, 0.6) is 0 Å². The van der Waals surface area contributed by atoms with Gasteiger partial charge in [-0.25, -0.2) is 8.78 Å². The second-order valence-electron chi connectivity index (χ2n) is 4.75. The number of nitrogens with one attached hydrogen (secondary N) is 1. The molecule has 0 saturated carbocycles. The first-order valence-electron chi connectivity index (χ1n) is 6.36. The highest BCUT2D eigenvalue weighted by molar-refractivity contribution is 5.96. The first-order chi connectivity index (χ1) is 8.68. The smallest absolute Gasteiger partial charge is 0.168 e. The molecule has 0 atom stereocenters. The highest BCUT2D eigenvalue weighted by Gasteiger charge is 2.19. The average molecular weight is 253 g/mol. The van der Waals surface area contributed by atoms with E-state index in [1.165, 1.54) is 6.07 Å². The molecule has 98 valence electrons. The minimum absolute atomic E-state index is 0.225. The molecule has 4 heteroatoms. The lowest BCUT2D eigenvalue weighted by Crippen LogP contribution is -2.28. The van der Waals surface area contributed by atoms with Gasteiger partial charge >= 0.3 is 0 Å². The molecule has 0 bridgehead atoms. The molecule has 2 rings (SSSR count). The van der Waals surface area contributed by atoms with Gasteiger partial charge in [0.15, 0.2) is 5.78 Å². The Morgan fingerprint density at radius 3 is 2.44 bits per heavy atom. The van der Waals surface area contributed by atoms with Gasteiger partial charge < -0.3 is 5.32 Å². The molecule has 1 aromatic carbocycles. The standard InChI is InChI=1S/C14H17F2NO/c15-11-2-1-3-12(16)14(11)13(18)5-4-10-6-8-17-9-7-10/h1-3,10,17H,4-9H2. The first kappa shape index (κ1) is 13.1. The summed E-state index contributed by atoms with van der Waals surface area (Å²) in [5, 5.41) is 3.25. The number of halogens is 2. The number of Topliss-reactive ketones (excluding diaryl/α,β-unsaturated/α-hetero) is 1. The number of piperidine rings is 1. The molecule has 1 fully saturated rings. The van der Waals surface area contributed by atoms with Gasteiger partial charge in [-0.15, -0.1) is 0 Å². The third kappa shape index (κ3) is 3.13. The molecule has 1 heterocycles. The summed E-state index contributed by atoms with van der Waals surface area (Å²) in [5.41, 5.74) is -0.383. The van der Waals surface area contributed by atoms with E-state index in [1.807, 2.05) is 0 Å². The van der Waals surface area contributed by atoms with Crippen molar-refractivity contribution < 1.29 is 13.6 Å². The normalized spacial score (nSPS) is 16.8. The minimum Gasteiger partial charge on any atom is -0.317 e. The Hall–Kier alpha value is -1.29. The molecule has 1 N–H and O–H groups in total. The Morgan fingerprint density at radius 1 is 1.22 bits per heavy atom. The van der Waals surface area contributed by atoms with Gasteiger partial charge in [-0.05, 0) is 50.4 Å². The van der Waals surface area contributed by atoms with Crippen LogP contribution >= 0.6 is 0 Å². The van der Waals surface area contributed by atoms with Crippen LogP contribution in [0.25, 0.3) is 0 Å². The largest absolute Gasteiger partial charge is 0.317 e. The maximum absolute atomic E-state index is 13.4. The van der Waals surface area contributed by atoms with Crippen molar-refractivity contribution in [3.8, 4) is 0 Å². The van der Waals surface area contributed by atoms with E-state index in [2.05, 4.69) is 5.32 Å². The summed E-state index contributed by atoms with van der Waals surface area (Å²) in [6, 6.07) is 3.52. The van der Waals surface area contributed by atoms with Gasteiger partial charge in [0.05, 0.1) is 5.56 Å². The number of hydrogen-bond acceptors (Lipinski definition) is 2. The fraction of sp³-hybridized carbons (Fsp3) is 0.500. The van der Waals surface area contributed by atoms with Gasteiger partial charge in [-0.2, -0.15) is 0 Å². The number of ketones is 1. The number of carbonyl (C=O) groups is 1. The minimum atomic E-state index is -0.759. The Balaban J connectivity index is 1.95. The van der Waals surface area contributed by atoms with Crippen LogP contribution in [0.15, 0.2) is 18.2 Å². The van der Waals surface area contributed by atoms with Crippen molar-refractivity contribution in [1.29, 1.82) is 0 Å². The van der Waals surface area contributed by atoms with Crippen molar-refractivity contribution in [3.63, 3.8) is 0 Å². The summed E-state index contributed by atoms with van der Waals surface area (Å²) in [6.07, 6.45) is 3.01. The lowest BCUT2D eigenvalue weighted by Gasteiger charge is -2.22. The topological polar surface area (TPSA) is 29.1 Å². The van der Waals surface area contributed by atoms with E-state index in [1.54, 1.807) is 0 Å². The van der Waals surface area contributed by atoms with Crippen molar-refractivity contribution in [3.05, 3.63) is 35.4 Å². The average Bonchev–Trinajstić information content (AvgIpc) is 2.37. The summed E-state index contributed by atoms with van der Waals surface area (Å²) in [5.74, 6) is -1.45. The quantitative estimate of drug-likeness (QED) is 0.836. The van der Waals surface area contributed by atoms with Crippen molar-refractivity contribution in [1.82, 2.24) is 5.32 Å². The van der Waals surface area contributed by atoms with E-state index in [9.17, 15) is 13.6 Å². The zero-order valence-electron chi connectivity index (χ0n) is 10.2. The van der Waals surface area contributed by atoms with Crippen molar-refractivity contribution in [2.75, 3.05) is 13.1 Å². The van der Waals surface area contributed by atoms with Gasteiger partial charge in [0.2, 0.25) is 0 Å². The zero-order valence-corrected chi connectivity index (χ0v) is 10.2. The zero-order chi connectivity index (χ0) is 13.0. The van der Waals surface area contributed by atoms with E-state index in [4.69, 9.17) is 0 Å². The second-order valence-corrected chi connectivity index (χ2v) is 4.75. The summed E-state index contributed by atoms with van der Waals surface area (Å²) < 4.78 is 26.8. The molecule has 1 aromatic rings. The molecule has 0 radical (unpaired) electrons. The number of benzene rings is 1. The highest BCUT2D eigenvalue weighted by Crippen LogP contribution is 2.21. The molecule has 1 aliphatic heterocycles. The number of hydrogen-bond donors (Lipinski definition) is 1. The van der Waals surface area contributed by atoms with Crippen LogP contribution in [-0.4, -0.2) is 18.9 Å². The van der Waals surface area contributed by atoms with Crippen LogP contribution in [0.4, 0.5) is 8.78 Å². The summed E-state index contributed by atoms with van der Waals surface area (Å²) in [6.45, 7) is 1.93. The van der Waals surface area contributed by atoms with E-state index in [0.29, 0.717) is 12.3 Å². The van der Waals surface area contributed by atoms with Crippen LogP contribution in [0.3, 0.4) is 0 Å². The van der Waals surface area contributed by atoms with Crippen LogP contribution < -0.4 is 5.32 Å². The molecule has 0 aliphatic carbocycles. The first-order valence-corrected chi connectivity index (χ1v) is 6.36. The van der Waals surface area contributed by atoms with Crippen LogP contribution in [0.1, 0.15) is 36.0 Å². The Kier molecular flexibility index (Phi) is 4.42. The summed E-state index contributed by atoms with van der Waals surface area (Å²) in [4.78, 5) is 11.8. The molecule has 0 unspecified atom stereocenters. The van der Waals surface area contributed by atoms with Gasteiger partial charge in [0.1, 0.15) is 11.6 Å². The maximum atomic E-state index is 13.4. The molecule has 18 heavy (non-hydrogen) atoms. The van der Waals surface area contributed by atoms with Crippen molar-refractivity contribution in [2.24, 2.45) is 5.92 Å². The predicted molar refractivity (Wildman–Crippen MR) is 65.5 cm³/mol. The van der Waals surface area contributed by atoms with Crippen LogP contribution in [0, 0.1) is 17.6 Å². The second kappa shape index (κ2) is 6.05. The van der Waals surface area contributed by atoms with Crippen molar-refractivity contribution in [2.45, 2.75) is 25.7 Å². The monoisotopic (exact) mass is 253 g/mol. The fourth-order valence-corrected chi connectivity index (χ4v) is 2.39. The Labute approximate surface area is 105 Å². The van der Waals surface area contributed by atoms with Gasteiger partial charge in [0, 0.05) is 6.42 Å². The van der Waals surface area contributed by atoms with Crippen LogP contribution in [-0.2, 0) is 0 Å². The molecule has 0 amide bonds. The maximum Gasteiger partial charge on any atom is 0.168 e.